The molecule has 0 atom stereocenters. The summed E-state index contributed by atoms with van der Waals surface area (Å²) >= 11 is 1.86. The van der Waals surface area contributed by atoms with E-state index in [1.807, 2.05) is 11.3 Å². The van der Waals surface area contributed by atoms with E-state index in [9.17, 15) is 0 Å². The van der Waals surface area contributed by atoms with Crippen molar-refractivity contribution in [3.63, 3.8) is 0 Å². The van der Waals surface area contributed by atoms with Crippen LogP contribution in [0.15, 0.2) is 255 Å². The summed E-state index contributed by atoms with van der Waals surface area (Å²) in [6.45, 7) is 0. The molecule has 0 amide bonds. The molecule has 0 radical (unpaired) electrons. The predicted molar refractivity (Wildman–Crippen MR) is 288 cm³/mol. The number of thiophene rings is 1. The third-order valence-electron chi connectivity index (χ3n) is 13.4. The van der Waals surface area contributed by atoms with Crippen LogP contribution in [0.25, 0.3) is 103 Å². The number of anilines is 3. The Morgan fingerprint density at radius 1 is 0.299 bits per heavy atom. The van der Waals surface area contributed by atoms with Crippen LogP contribution in [0.2, 0.25) is 0 Å². The smallest absolute Gasteiger partial charge is 0.0546 e. The fourth-order valence-electron chi connectivity index (χ4n) is 10.1. The number of rotatable bonds is 8. The van der Waals surface area contributed by atoms with Gasteiger partial charge in [-0.05, 0) is 117 Å². The van der Waals surface area contributed by atoms with Crippen molar-refractivity contribution in [2.24, 2.45) is 0 Å². The van der Waals surface area contributed by atoms with E-state index in [1.165, 1.54) is 75.0 Å². The zero-order chi connectivity index (χ0) is 44.3. The van der Waals surface area contributed by atoms with E-state index in [-0.39, 0.29) is 0 Å². The fourth-order valence-corrected chi connectivity index (χ4v) is 11.2. The van der Waals surface area contributed by atoms with E-state index >= 15 is 0 Å². The van der Waals surface area contributed by atoms with Gasteiger partial charge in [-0.25, -0.2) is 0 Å². The van der Waals surface area contributed by atoms with Gasteiger partial charge in [0, 0.05) is 53.4 Å². The van der Waals surface area contributed by atoms with Crippen LogP contribution < -0.4 is 4.90 Å². The summed E-state index contributed by atoms with van der Waals surface area (Å²) in [6.07, 6.45) is 0. The van der Waals surface area contributed by atoms with Crippen molar-refractivity contribution in [1.29, 1.82) is 0 Å². The molecule has 0 fully saturated rings. The molecule has 0 saturated carbocycles. The van der Waals surface area contributed by atoms with Crippen LogP contribution in [0.1, 0.15) is 0 Å². The van der Waals surface area contributed by atoms with Crippen molar-refractivity contribution >= 4 is 81.1 Å². The number of nitrogens with zero attached hydrogens (tertiary/aromatic N) is 2. The number of aromatic nitrogens is 1. The number of para-hydroxylation sites is 3. The molecule has 2 aromatic heterocycles. The maximum atomic E-state index is 2.44. The van der Waals surface area contributed by atoms with Gasteiger partial charge in [0.25, 0.3) is 0 Å². The number of benzene rings is 11. The quantitative estimate of drug-likeness (QED) is 0.148. The number of fused-ring (bicyclic) bond motifs is 7. The molecule has 3 heteroatoms. The summed E-state index contributed by atoms with van der Waals surface area (Å²) in [5.41, 5.74) is 16.2. The molecular formula is C64H42N2S. The minimum atomic E-state index is 1.07. The monoisotopic (exact) mass is 870 g/mol. The molecule has 0 aliphatic heterocycles. The first-order valence-electron chi connectivity index (χ1n) is 22.9. The molecule has 0 aliphatic carbocycles. The van der Waals surface area contributed by atoms with Gasteiger partial charge in [-0.3, -0.25) is 0 Å². The molecule has 13 rings (SSSR count). The second kappa shape index (κ2) is 16.2. The number of hydrogen-bond acceptors (Lipinski definition) is 2. The van der Waals surface area contributed by atoms with Crippen molar-refractivity contribution in [1.82, 2.24) is 4.57 Å². The van der Waals surface area contributed by atoms with Gasteiger partial charge in [0.1, 0.15) is 0 Å². The Labute approximate surface area is 393 Å². The van der Waals surface area contributed by atoms with Gasteiger partial charge >= 0.3 is 0 Å². The lowest BCUT2D eigenvalue weighted by Crippen LogP contribution is -2.11. The van der Waals surface area contributed by atoms with Crippen molar-refractivity contribution < 1.29 is 0 Å². The Morgan fingerprint density at radius 3 is 1.58 bits per heavy atom. The third-order valence-corrected chi connectivity index (χ3v) is 14.6. The first-order valence-corrected chi connectivity index (χ1v) is 23.7. The summed E-state index contributed by atoms with van der Waals surface area (Å²) in [4.78, 5) is 2.44. The highest BCUT2D eigenvalue weighted by Gasteiger charge is 2.21. The van der Waals surface area contributed by atoms with Gasteiger partial charge in [-0.1, -0.05) is 182 Å². The zero-order valence-electron chi connectivity index (χ0n) is 36.6. The standard InChI is InChI=1S/C64H42N2S/c1-2-15-45(16-3-1)54-38-32-50(48-27-26-43-14-4-5-17-47(43)40-48)42-62(54)65(51-34-28-44(29-35-51)49-33-39-64-58(41-49)57-21-9-13-25-63(57)67-64)52-36-30-46(31-37-52)53-18-6-10-22-59(53)66-60-23-11-7-19-55(60)56-20-8-12-24-61(56)66/h1-42H. The Hall–Kier alpha value is -8.50. The van der Waals surface area contributed by atoms with Crippen LogP contribution in [-0.4, -0.2) is 4.57 Å². The lowest BCUT2D eigenvalue weighted by atomic mass is 9.95. The summed E-state index contributed by atoms with van der Waals surface area (Å²) in [6, 6.07) is 93.3. The second-order valence-corrected chi connectivity index (χ2v) is 18.4. The largest absolute Gasteiger partial charge is 0.310 e. The number of hydrogen-bond donors (Lipinski definition) is 0. The van der Waals surface area contributed by atoms with Gasteiger partial charge in [-0.15, -0.1) is 11.3 Å². The predicted octanol–water partition coefficient (Wildman–Crippen LogP) is 18.4. The van der Waals surface area contributed by atoms with Crippen LogP contribution in [0.4, 0.5) is 17.1 Å². The minimum absolute atomic E-state index is 1.07. The SMILES string of the molecule is c1ccc(-c2ccc(-c3ccc4ccccc4c3)cc2N(c2ccc(-c3ccc4sc5ccccc5c4c3)cc2)c2ccc(-c3ccccc3-n3c4ccccc4c4ccccc43)cc2)cc1. The highest BCUT2D eigenvalue weighted by molar-refractivity contribution is 7.25. The molecule has 0 unspecified atom stereocenters. The van der Waals surface area contributed by atoms with Crippen LogP contribution >= 0.6 is 11.3 Å². The molecule has 314 valence electrons. The van der Waals surface area contributed by atoms with Gasteiger partial charge in [0.2, 0.25) is 0 Å². The maximum Gasteiger partial charge on any atom is 0.0546 e. The minimum Gasteiger partial charge on any atom is -0.310 e. The topological polar surface area (TPSA) is 8.17 Å². The maximum absolute atomic E-state index is 2.44. The Morgan fingerprint density at radius 2 is 0.821 bits per heavy atom. The van der Waals surface area contributed by atoms with Gasteiger partial charge in [-0.2, -0.15) is 0 Å². The average Bonchev–Trinajstić information content (AvgIpc) is 3.95. The van der Waals surface area contributed by atoms with E-state index in [0.29, 0.717) is 0 Å². The van der Waals surface area contributed by atoms with Crippen molar-refractivity contribution in [3.05, 3.63) is 255 Å². The molecular weight excluding hydrogens is 829 g/mol. The third kappa shape index (κ3) is 6.79. The molecule has 2 heterocycles. The molecule has 11 aromatic carbocycles. The summed E-state index contributed by atoms with van der Waals surface area (Å²) in [5, 5.41) is 7.59. The van der Waals surface area contributed by atoms with Gasteiger partial charge in [0.15, 0.2) is 0 Å². The molecule has 0 aliphatic rings. The van der Waals surface area contributed by atoms with Crippen LogP contribution in [0.5, 0.6) is 0 Å². The van der Waals surface area contributed by atoms with Crippen LogP contribution in [-0.2, 0) is 0 Å². The lowest BCUT2D eigenvalue weighted by molar-refractivity contribution is 1.18. The zero-order valence-corrected chi connectivity index (χ0v) is 37.4. The summed E-state index contributed by atoms with van der Waals surface area (Å²) < 4.78 is 5.06. The molecule has 0 bridgehead atoms. The Kier molecular flexibility index (Phi) is 9.40. The highest BCUT2D eigenvalue weighted by Crippen LogP contribution is 2.45. The van der Waals surface area contributed by atoms with Crippen LogP contribution in [0, 0.1) is 0 Å². The molecule has 0 N–H and O–H groups in total. The summed E-state index contributed by atoms with van der Waals surface area (Å²) in [7, 11) is 0. The van der Waals surface area contributed by atoms with Crippen molar-refractivity contribution in [2.45, 2.75) is 0 Å². The Balaban J connectivity index is 0.973. The molecule has 0 saturated heterocycles. The fraction of sp³-hybridized carbons (Fsp3) is 0. The molecule has 13 aromatic rings. The van der Waals surface area contributed by atoms with Gasteiger partial charge in [0.05, 0.1) is 22.4 Å². The normalized spacial score (nSPS) is 11.6. The van der Waals surface area contributed by atoms with E-state index in [1.54, 1.807) is 0 Å². The van der Waals surface area contributed by atoms with Crippen molar-refractivity contribution in [2.75, 3.05) is 4.90 Å². The highest BCUT2D eigenvalue weighted by atomic mass is 32.1. The van der Waals surface area contributed by atoms with E-state index in [4.69, 9.17) is 0 Å². The van der Waals surface area contributed by atoms with E-state index in [2.05, 4.69) is 264 Å². The van der Waals surface area contributed by atoms with E-state index in [0.717, 1.165) is 45.0 Å². The molecule has 67 heavy (non-hydrogen) atoms. The molecule has 0 spiro atoms. The summed E-state index contributed by atoms with van der Waals surface area (Å²) in [5.74, 6) is 0. The van der Waals surface area contributed by atoms with Crippen molar-refractivity contribution in [3.8, 4) is 50.2 Å². The van der Waals surface area contributed by atoms with Gasteiger partial charge < -0.3 is 9.47 Å². The first kappa shape index (κ1) is 38.9. The Bertz CT molecular complexity index is 3920. The van der Waals surface area contributed by atoms with Crippen LogP contribution in [0.3, 0.4) is 0 Å². The lowest BCUT2D eigenvalue weighted by Gasteiger charge is -2.29. The van der Waals surface area contributed by atoms with E-state index < -0.39 is 0 Å². The second-order valence-electron chi connectivity index (χ2n) is 17.3. The average molecular weight is 871 g/mol. The molecule has 2 nitrogen and oxygen atoms in total. The first-order chi connectivity index (χ1) is 33.2.